The second-order valence-corrected chi connectivity index (χ2v) is 5.27. The van der Waals surface area contributed by atoms with Gasteiger partial charge in [0.05, 0.1) is 0 Å². The molecule has 0 bridgehead atoms. The second kappa shape index (κ2) is 3.94. The third-order valence-corrected chi connectivity index (χ3v) is 3.80. The van der Waals surface area contributed by atoms with Crippen molar-refractivity contribution in [3.63, 3.8) is 0 Å². The van der Waals surface area contributed by atoms with Crippen LogP contribution in [0, 0.1) is 0 Å². The lowest BCUT2D eigenvalue weighted by atomic mass is 9.89. The molecule has 7 heteroatoms. The Hall–Kier alpha value is -1.73. The average molecular weight is 255 g/mol. The summed E-state index contributed by atoms with van der Waals surface area (Å²) in [6.45, 7) is 0. The van der Waals surface area contributed by atoms with E-state index in [1.807, 2.05) is 0 Å². The van der Waals surface area contributed by atoms with Gasteiger partial charge in [0, 0.05) is 12.0 Å². The van der Waals surface area contributed by atoms with Crippen LogP contribution < -0.4 is 0 Å². The number of hydrogen-bond donors (Lipinski definition) is 2. The number of carbonyl (C=O) groups is 1. The summed E-state index contributed by atoms with van der Waals surface area (Å²) in [5, 5.41) is 10.3. The number of carbonyl (C=O) groups excluding carboxylic acids is 1. The van der Waals surface area contributed by atoms with Crippen molar-refractivity contribution < 1.29 is 23.0 Å². The number of ketones is 1. The third-order valence-electron chi connectivity index (χ3n) is 2.66. The van der Waals surface area contributed by atoms with E-state index >= 15 is 0 Å². The maximum atomic E-state index is 11.6. The first-order valence-corrected chi connectivity index (χ1v) is 6.26. The minimum absolute atomic E-state index is 0.180. The number of rotatable bonds is 1. The molecule has 0 radical (unpaired) electrons. The van der Waals surface area contributed by atoms with Crippen molar-refractivity contribution in [2.24, 2.45) is 5.16 Å². The summed E-state index contributed by atoms with van der Waals surface area (Å²) in [4.78, 5) is 11.6. The van der Waals surface area contributed by atoms with Crippen LogP contribution in [0.3, 0.4) is 0 Å². The van der Waals surface area contributed by atoms with E-state index in [9.17, 15) is 13.2 Å². The van der Waals surface area contributed by atoms with E-state index in [1.165, 1.54) is 12.1 Å². The summed E-state index contributed by atoms with van der Waals surface area (Å²) in [6.07, 6.45) is -0.421. The van der Waals surface area contributed by atoms with E-state index in [1.54, 1.807) is 12.1 Å². The van der Waals surface area contributed by atoms with Crippen LogP contribution in [-0.2, 0) is 14.9 Å². The molecule has 0 heterocycles. The van der Waals surface area contributed by atoms with Crippen molar-refractivity contribution in [3.8, 4) is 0 Å². The number of benzene rings is 1. The van der Waals surface area contributed by atoms with E-state index in [4.69, 9.17) is 9.76 Å². The lowest BCUT2D eigenvalue weighted by molar-refractivity contribution is -0.113. The summed E-state index contributed by atoms with van der Waals surface area (Å²) >= 11 is 0. The Labute approximate surface area is 97.3 Å². The molecule has 0 saturated carbocycles. The van der Waals surface area contributed by atoms with Crippen LogP contribution in [0.25, 0.3) is 0 Å². The van der Waals surface area contributed by atoms with E-state index in [-0.39, 0.29) is 16.8 Å². The smallest absolute Gasteiger partial charge is 0.272 e. The Morgan fingerprint density at radius 2 is 1.94 bits per heavy atom. The van der Waals surface area contributed by atoms with E-state index in [2.05, 4.69) is 5.16 Å². The molecule has 1 aliphatic carbocycles. The Morgan fingerprint density at radius 1 is 1.29 bits per heavy atom. The zero-order valence-corrected chi connectivity index (χ0v) is 9.38. The van der Waals surface area contributed by atoms with Gasteiger partial charge in [-0.05, 0) is 5.56 Å². The van der Waals surface area contributed by atoms with Gasteiger partial charge >= 0.3 is 0 Å². The first-order chi connectivity index (χ1) is 7.95. The van der Waals surface area contributed by atoms with Crippen molar-refractivity contribution in [2.45, 2.75) is 11.7 Å². The molecule has 17 heavy (non-hydrogen) atoms. The highest BCUT2D eigenvalue weighted by molar-refractivity contribution is 7.86. The zero-order valence-electron chi connectivity index (χ0n) is 8.57. The molecular formula is C10H9NO5S. The molecule has 0 saturated heterocycles. The number of Topliss-reactive ketones (excluding diaryl/α,β-unsaturated/α-hetero) is 1. The van der Waals surface area contributed by atoms with Gasteiger partial charge in [0.15, 0.2) is 11.5 Å². The highest BCUT2D eigenvalue weighted by Gasteiger charge is 2.37. The van der Waals surface area contributed by atoms with Crippen molar-refractivity contribution in [1.82, 2.24) is 0 Å². The van der Waals surface area contributed by atoms with Gasteiger partial charge in [-0.1, -0.05) is 29.4 Å². The standard InChI is InChI=1S/C10H9NO5S/c12-8-5-9(17(14,15)16)6-3-1-2-4-7(6)10(8)11-13/h1-4,9,13H,5H2,(H,14,15,16)/b11-10+/t9-/m1/s1. The topological polar surface area (TPSA) is 104 Å². The van der Waals surface area contributed by atoms with Gasteiger partial charge in [-0.2, -0.15) is 8.42 Å². The Bertz CT molecular complexity index is 605. The highest BCUT2D eigenvalue weighted by Crippen LogP contribution is 2.33. The fourth-order valence-electron chi connectivity index (χ4n) is 1.89. The van der Waals surface area contributed by atoms with Crippen LogP contribution in [0.15, 0.2) is 29.4 Å². The molecule has 1 aromatic rings. The minimum Gasteiger partial charge on any atom is -0.410 e. The molecule has 0 unspecified atom stereocenters. The van der Waals surface area contributed by atoms with Gasteiger partial charge in [-0.25, -0.2) is 0 Å². The molecule has 90 valence electrons. The Morgan fingerprint density at radius 3 is 2.53 bits per heavy atom. The monoisotopic (exact) mass is 255 g/mol. The van der Waals surface area contributed by atoms with Gasteiger partial charge in [0.1, 0.15) is 5.25 Å². The molecule has 2 N–H and O–H groups in total. The van der Waals surface area contributed by atoms with Gasteiger partial charge < -0.3 is 5.21 Å². The van der Waals surface area contributed by atoms with E-state index in [0.717, 1.165) is 0 Å². The molecule has 0 spiro atoms. The third kappa shape index (κ3) is 1.94. The molecular weight excluding hydrogens is 246 g/mol. The normalized spacial score (nSPS) is 22.5. The summed E-state index contributed by atoms with van der Waals surface area (Å²) in [5.41, 5.74) is 0.316. The van der Waals surface area contributed by atoms with Crippen molar-refractivity contribution in [2.75, 3.05) is 0 Å². The van der Waals surface area contributed by atoms with E-state index in [0.29, 0.717) is 0 Å². The first-order valence-electron chi connectivity index (χ1n) is 4.76. The van der Waals surface area contributed by atoms with Gasteiger partial charge in [-0.15, -0.1) is 0 Å². The fraction of sp³-hybridized carbons (Fsp3) is 0.200. The van der Waals surface area contributed by atoms with Crippen molar-refractivity contribution in [3.05, 3.63) is 35.4 Å². The average Bonchev–Trinajstić information content (AvgIpc) is 2.27. The minimum atomic E-state index is -4.36. The maximum absolute atomic E-state index is 11.6. The van der Waals surface area contributed by atoms with Crippen LogP contribution in [0.2, 0.25) is 0 Å². The molecule has 1 atom stereocenters. The second-order valence-electron chi connectivity index (χ2n) is 3.67. The molecule has 1 aromatic carbocycles. The largest absolute Gasteiger partial charge is 0.410 e. The van der Waals surface area contributed by atoms with Crippen molar-refractivity contribution in [1.29, 1.82) is 0 Å². The van der Waals surface area contributed by atoms with Crippen LogP contribution >= 0.6 is 0 Å². The van der Waals surface area contributed by atoms with Crippen LogP contribution in [0.1, 0.15) is 22.8 Å². The number of fused-ring (bicyclic) bond motifs is 1. The SMILES string of the molecule is O=C1C[C@@H](S(=O)(=O)O)c2ccccc2/C1=N\O. The molecule has 0 amide bonds. The number of nitrogens with zero attached hydrogens (tertiary/aromatic N) is 1. The molecule has 1 aliphatic rings. The number of hydrogen-bond acceptors (Lipinski definition) is 5. The first kappa shape index (κ1) is 11.7. The lowest BCUT2D eigenvalue weighted by Crippen LogP contribution is -2.30. The van der Waals surface area contributed by atoms with Crippen molar-refractivity contribution >= 4 is 21.6 Å². The summed E-state index contributed by atoms with van der Waals surface area (Å²) in [5.74, 6) is -0.617. The zero-order chi connectivity index (χ0) is 12.6. The molecule has 2 rings (SSSR count). The summed E-state index contributed by atoms with van der Waals surface area (Å²) in [7, 11) is -4.36. The number of oxime groups is 1. The summed E-state index contributed by atoms with van der Waals surface area (Å²) < 4.78 is 31.5. The van der Waals surface area contributed by atoms with Crippen LogP contribution in [0.4, 0.5) is 0 Å². The molecule has 0 aromatic heterocycles. The van der Waals surface area contributed by atoms with E-state index < -0.39 is 27.6 Å². The summed E-state index contributed by atoms with van der Waals surface area (Å²) in [6, 6.07) is 6.12. The van der Waals surface area contributed by atoms with Crippen LogP contribution in [-0.4, -0.2) is 29.7 Å². The quantitative estimate of drug-likeness (QED) is 0.438. The molecule has 0 fully saturated rings. The fourth-order valence-corrected chi connectivity index (χ4v) is 2.78. The predicted molar refractivity (Wildman–Crippen MR) is 58.7 cm³/mol. The lowest BCUT2D eigenvalue weighted by Gasteiger charge is -2.22. The van der Waals surface area contributed by atoms with Gasteiger partial charge in [0.25, 0.3) is 10.1 Å². The molecule has 6 nitrogen and oxygen atoms in total. The Balaban J connectivity index is 2.69. The predicted octanol–water partition coefficient (Wildman–Crippen LogP) is 0.767. The molecule has 0 aliphatic heterocycles. The Kier molecular flexibility index (Phi) is 2.72. The van der Waals surface area contributed by atoms with Crippen LogP contribution in [0.5, 0.6) is 0 Å². The highest BCUT2D eigenvalue weighted by atomic mass is 32.2. The van der Waals surface area contributed by atoms with Gasteiger partial charge in [0.2, 0.25) is 0 Å². The maximum Gasteiger partial charge on any atom is 0.272 e. The van der Waals surface area contributed by atoms with Gasteiger partial charge in [-0.3, -0.25) is 9.35 Å².